The lowest BCUT2D eigenvalue weighted by atomic mass is 9.60. The van der Waals surface area contributed by atoms with Crippen molar-refractivity contribution in [3.63, 3.8) is 0 Å². The Balaban J connectivity index is 1.62. The summed E-state index contributed by atoms with van der Waals surface area (Å²) in [5, 5.41) is 39.5. The van der Waals surface area contributed by atoms with Crippen molar-refractivity contribution in [1.82, 2.24) is 9.88 Å². The number of nitrogens with zero attached hydrogens (tertiary/aromatic N) is 3. The molecule has 11 nitrogen and oxygen atoms in total. The number of fused-ring (bicyclic) bond motifs is 3. The monoisotopic (exact) mass is 567 g/mol. The van der Waals surface area contributed by atoms with Crippen LogP contribution in [0.5, 0.6) is 5.75 Å². The number of ketones is 2. The molecule has 40 heavy (non-hydrogen) atoms. The maximum atomic E-state index is 14.1. The van der Waals surface area contributed by atoms with E-state index in [9.17, 15) is 29.7 Å². The van der Waals surface area contributed by atoms with E-state index in [0.717, 1.165) is 11.4 Å². The minimum atomic E-state index is -1.21. The number of aryl methyl sites for hydroxylation is 1. The Hall–Kier alpha value is -3.90. The first-order valence-electron chi connectivity index (χ1n) is 13.0. The molecule has 0 radical (unpaired) electrons. The Morgan fingerprint density at radius 1 is 1.18 bits per heavy atom. The van der Waals surface area contributed by atoms with Gasteiger partial charge in [0.2, 0.25) is 0 Å². The van der Waals surface area contributed by atoms with E-state index in [-0.39, 0.29) is 23.4 Å². The van der Waals surface area contributed by atoms with Crippen LogP contribution in [0, 0.1) is 24.7 Å². The zero-order valence-corrected chi connectivity index (χ0v) is 23.8. The van der Waals surface area contributed by atoms with Gasteiger partial charge in [-0.15, -0.1) is 11.3 Å². The molecule has 1 aromatic carbocycles. The highest BCUT2D eigenvalue weighted by atomic mass is 32.1. The molecule has 0 bridgehead atoms. The third-order valence-corrected chi connectivity index (χ3v) is 9.07. The number of likely N-dealkylation sites (N-methyl/N-ethyl adjacent to an activating group) is 1. The Labute approximate surface area is 235 Å². The number of nitrogens with one attached hydrogen (secondary N) is 1. The molecule has 0 spiro atoms. The van der Waals surface area contributed by atoms with E-state index < -0.39 is 58.4 Å². The summed E-state index contributed by atoms with van der Waals surface area (Å²) in [5.74, 6) is -5.73. The van der Waals surface area contributed by atoms with E-state index in [1.807, 2.05) is 37.4 Å². The molecule has 4 atom stereocenters. The molecular formula is C28H33N5O6S. The highest BCUT2D eigenvalue weighted by molar-refractivity contribution is 7.13. The molecule has 1 amide bonds. The molecule has 0 saturated carbocycles. The van der Waals surface area contributed by atoms with Crippen LogP contribution >= 0.6 is 11.3 Å². The number of thiazole rings is 1. The number of rotatable bonds is 6. The molecule has 212 valence electrons. The molecule has 0 aliphatic heterocycles. The number of Topliss-reactive ketones (excluding diaryl/α,β-unsaturated/α-hetero) is 2. The number of benzene rings is 1. The maximum Gasteiger partial charge on any atom is 0.255 e. The summed E-state index contributed by atoms with van der Waals surface area (Å²) in [4.78, 5) is 47.5. The first-order chi connectivity index (χ1) is 18.8. The zero-order chi connectivity index (χ0) is 29.2. The maximum absolute atomic E-state index is 14.1. The topological polar surface area (TPSA) is 169 Å². The van der Waals surface area contributed by atoms with Crippen LogP contribution < -0.4 is 16.0 Å². The van der Waals surface area contributed by atoms with E-state index in [0.29, 0.717) is 29.1 Å². The lowest BCUT2D eigenvalue weighted by Gasteiger charge is -2.46. The van der Waals surface area contributed by atoms with Crippen molar-refractivity contribution in [2.45, 2.75) is 32.4 Å². The molecule has 6 N–H and O–H groups in total. The van der Waals surface area contributed by atoms with Gasteiger partial charge in [0, 0.05) is 42.8 Å². The fourth-order valence-corrected chi connectivity index (χ4v) is 7.20. The summed E-state index contributed by atoms with van der Waals surface area (Å²) < 4.78 is 0. The minimum Gasteiger partial charge on any atom is -0.511 e. The predicted molar refractivity (Wildman–Crippen MR) is 151 cm³/mol. The highest BCUT2D eigenvalue weighted by Crippen LogP contribution is 2.51. The van der Waals surface area contributed by atoms with Crippen LogP contribution in [0.15, 0.2) is 34.1 Å². The number of aliphatic hydroxyl groups is 2. The number of aliphatic hydroxyl groups excluding tert-OH is 2. The molecule has 3 aliphatic rings. The quantitative estimate of drug-likeness (QED) is 0.327. The number of nitrogens with two attached hydrogens (primary N) is 1. The second-order valence-corrected chi connectivity index (χ2v) is 12.0. The van der Waals surface area contributed by atoms with Gasteiger partial charge in [-0.2, -0.15) is 0 Å². The van der Waals surface area contributed by atoms with Gasteiger partial charge in [0.15, 0.2) is 16.7 Å². The zero-order valence-electron chi connectivity index (χ0n) is 23.0. The molecule has 3 aliphatic carbocycles. The number of aromatic hydroxyl groups is 1. The molecule has 1 heterocycles. The van der Waals surface area contributed by atoms with Crippen LogP contribution in [-0.2, 0) is 22.6 Å². The van der Waals surface area contributed by atoms with Crippen LogP contribution in [-0.4, -0.2) is 76.9 Å². The summed E-state index contributed by atoms with van der Waals surface area (Å²) in [6, 6.07) is 1.09. The third kappa shape index (κ3) is 4.22. The Morgan fingerprint density at radius 2 is 1.88 bits per heavy atom. The summed E-state index contributed by atoms with van der Waals surface area (Å²) in [5.41, 5.74) is 7.81. The first kappa shape index (κ1) is 27.7. The number of carbonyl (C=O) groups is 3. The predicted octanol–water partition coefficient (Wildman–Crippen LogP) is 2.45. The standard InChI is InChI=1S/C28H33N5O6S/c1-11-10-40-28(31-11)30-9-13-8-16(32(2)3)14-6-12-7-15-19(24(36)17(12)23(35)18(14)22(13)34)25(37)20(27(29)39)26(38)21(15)33(4)5/h8,10,12,15,19,21,34,36,38H,6-7,9H2,1-5H3,(H2,29,39)(H,30,31). The molecule has 2 aromatic rings. The van der Waals surface area contributed by atoms with Crippen molar-refractivity contribution >= 4 is 39.6 Å². The second kappa shape index (κ2) is 9.93. The summed E-state index contributed by atoms with van der Waals surface area (Å²) in [6.07, 6.45) is 0.645. The normalized spacial score (nSPS) is 24.1. The molecule has 1 aromatic heterocycles. The number of hydrogen-bond acceptors (Lipinski definition) is 11. The SMILES string of the molecule is Cc1csc(NCc2cc(N(C)C)c3c(c2O)C(=O)C2=C(O)C4C(=O)C(C(N)=O)=C(O)C(N(C)C)C4CC2C3)n1. The number of anilines is 2. The fourth-order valence-electron chi connectivity index (χ4n) is 6.51. The van der Waals surface area contributed by atoms with Crippen molar-refractivity contribution in [1.29, 1.82) is 0 Å². The van der Waals surface area contributed by atoms with E-state index in [4.69, 9.17) is 5.73 Å². The average molecular weight is 568 g/mol. The van der Waals surface area contributed by atoms with Crippen LogP contribution in [0.1, 0.15) is 33.6 Å². The molecule has 0 saturated heterocycles. The summed E-state index contributed by atoms with van der Waals surface area (Å²) in [7, 11) is 7.12. The minimum absolute atomic E-state index is 0.0606. The molecule has 0 fully saturated rings. The number of primary amides is 1. The first-order valence-corrected chi connectivity index (χ1v) is 13.8. The van der Waals surface area contributed by atoms with Gasteiger partial charge in [0.25, 0.3) is 5.91 Å². The van der Waals surface area contributed by atoms with E-state index in [1.165, 1.54) is 11.3 Å². The highest BCUT2D eigenvalue weighted by Gasteiger charge is 2.54. The van der Waals surface area contributed by atoms with Crippen molar-refractivity contribution in [3.05, 3.63) is 56.5 Å². The van der Waals surface area contributed by atoms with E-state index in [1.54, 1.807) is 19.0 Å². The van der Waals surface area contributed by atoms with Crippen LogP contribution in [0.2, 0.25) is 0 Å². The van der Waals surface area contributed by atoms with Crippen LogP contribution in [0.4, 0.5) is 10.8 Å². The molecule has 5 rings (SSSR count). The van der Waals surface area contributed by atoms with Crippen molar-refractivity contribution < 1.29 is 29.7 Å². The Bertz CT molecular complexity index is 1510. The average Bonchev–Trinajstić information content (AvgIpc) is 3.27. The third-order valence-electron chi connectivity index (χ3n) is 8.15. The van der Waals surface area contributed by atoms with Gasteiger partial charge in [0.1, 0.15) is 22.8 Å². The van der Waals surface area contributed by atoms with Crippen molar-refractivity contribution in [3.8, 4) is 5.75 Å². The van der Waals surface area contributed by atoms with Crippen molar-refractivity contribution in [2.24, 2.45) is 23.5 Å². The number of allylic oxidation sites excluding steroid dienone is 2. The lowest BCUT2D eigenvalue weighted by Crippen LogP contribution is -2.53. The van der Waals surface area contributed by atoms with Gasteiger partial charge >= 0.3 is 0 Å². The molecule has 12 heteroatoms. The van der Waals surface area contributed by atoms with Crippen molar-refractivity contribution in [2.75, 3.05) is 38.4 Å². The fraction of sp³-hybridized carbons (Fsp3) is 0.429. The van der Waals surface area contributed by atoms with Gasteiger partial charge in [-0.3, -0.25) is 19.3 Å². The van der Waals surface area contributed by atoms with E-state index >= 15 is 0 Å². The largest absolute Gasteiger partial charge is 0.511 e. The lowest BCUT2D eigenvalue weighted by molar-refractivity contribution is -0.127. The van der Waals surface area contributed by atoms with E-state index in [2.05, 4.69) is 10.3 Å². The number of phenolic OH excluding ortho intramolecular Hbond substituents is 1. The molecule has 4 unspecified atom stereocenters. The smallest absolute Gasteiger partial charge is 0.255 e. The Kier molecular flexibility index (Phi) is 6.87. The van der Waals surface area contributed by atoms with Gasteiger partial charge < -0.3 is 31.3 Å². The number of hydrogen-bond donors (Lipinski definition) is 5. The summed E-state index contributed by atoms with van der Waals surface area (Å²) >= 11 is 1.43. The number of carbonyl (C=O) groups excluding carboxylic acids is 3. The number of aromatic nitrogens is 1. The Morgan fingerprint density at radius 3 is 2.45 bits per heavy atom. The van der Waals surface area contributed by atoms with Gasteiger partial charge in [-0.25, -0.2) is 4.98 Å². The van der Waals surface area contributed by atoms with Gasteiger partial charge in [0.05, 0.1) is 23.2 Å². The number of phenols is 1. The summed E-state index contributed by atoms with van der Waals surface area (Å²) in [6.45, 7) is 2.10. The van der Waals surface area contributed by atoms with Crippen LogP contribution in [0.3, 0.4) is 0 Å². The molecular weight excluding hydrogens is 534 g/mol. The van der Waals surface area contributed by atoms with Gasteiger partial charge in [-0.05, 0) is 57.3 Å². The van der Waals surface area contributed by atoms with Crippen LogP contribution in [0.25, 0.3) is 0 Å². The van der Waals surface area contributed by atoms with Gasteiger partial charge in [-0.1, -0.05) is 0 Å². The second-order valence-electron chi connectivity index (χ2n) is 11.1. The number of amides is 1.